The minimum absolute atomic E-state index is 0.451. The summed E-state index contributed by atoms with van der Waals surface area (Å²) in [4.78, 5) is 2.23. The minimum Gasteiger partial charge on any atom is -0.492 e. The predicted molar refractivity (Wildman–Crippen MR) is 74.2 cm³/mol. The van der Waals surface area contributed by atoms with Crippen molar-refractivity contribution in [3.05, 3.63) is 24.3 Å². The van der Waals surface area contributed by atoms with Gasteiger partial charge in [-0.1, -0.05) is 25.5 Å². The molecule has 1 aromatic carbocycles. The van der Waals surface area contributed by atoms with Crippen molar-refractivity contribution in [1.82, 2.24) is 4.90 Å². The van der Waals surface area contributed by atoms with Gasteiger partial charge in [0.25, 0.3) is 0 Å². The molecule has 0 bridgehead atoms. The molecule has 0 saturated heterocycles. The molecule has 5 heteroatoms. The van der Waals surface area contributed by atoms with E-state index in [0.717, 1.165) is 13.1 Å². The first-order valence-corrected chi connectivity index (χ1v) is 6.41. The van der Waals surface area contributed by atoms with Crippen molar-refractivity contribution in [3.8, 4) is 5.75 Å². The van der Waals surface area contributed by atoms with E-state index in [-0.39, 0.29) is 0 Å². The summed E-state index contributed by atoms with van der Waals surface area (Å²) < 4.78 is 5.58. The maximum atomic E-state index is 9.05. The smallest absolute Gasteiger partial charge is 0.488 e. The van der Waals surface area contributed by atoms with Gasteiger partial charge in [0.05, 0.1) is 0 Å². The first-order chi connectivity index (χ1) is 8.63. The average molecular weight is 251 g/mol. The van der Waals surface area contributed by atoms with E-state index in [1.807, 2.05) is 6.07 Å². The lowest BCUT2D eigenvalue weighted by Crippen LogP contribution is -2.30. The fourth-order valence-corrected chi connectivity index (χ4v) is 1.62. The van der Waals surface area contributed by atoms with E-state index in [2.05, 4.69) is 18.9 Å². The number of unbranched alkanes of at least 4 members (excludes halogenated alkanes) is 1. The highest BCUT2D eigenvalue weighted by Gasteiger charge is 2.10. The lowest BCUT2D eigenvalue weighted by molar-refractivity contribution is 0.235. The van der Waals surface area contributed by atoms with E-state index in [4.69, 9.17) is 14.8 Å². The molecule has 0 amide bonds. The highest BCUT2D eigenvalue weighted by Crippen LogP contribution is 2.07. The van der Waals surface area contributed by atoms with Crippen molar-refractivity contribution in [2.75, 3.05) is 26.7 Å². The third-order valence-electron chi connectivity index (χ3n) is 2.79. The Kier molecular flexibility index (Phi) is 6.79. The first-order valence-electron chi connectivity index (χ1n) is 6.41. The lowest BCUT2D eigenvalue weighted by atomic mass is 9.80. The first kappa shape index (κ1) is 15.0. The number of benzene rings is 1. The second-order valence-electron chi connectivity index (χ2n) is 4.45. The summed E-state index contributed by atoms with van der Waals surface area (Å²) in [6.45, 7) is 4.72. The highest BCUT2D eigenvalue weighted by molar-refractivity contribution is 6.58. The van der Waals surface area contributed by atoms with E-state index in [0.29, 0.717) is 17.8 Å². The number of nitrogens with zero attached hydrogens (tertiary/aromatic N) is 1. The SMILES string of the molecule is CCCCN(C)CCOc1cccc(B(O)O)c1. The summed E-state index contributed by atoms with van der Waals surface area (Å²) in [6, 6.07) is 6.88. The van der Waals surface area contributed by atoms with Crippen LogP contribution in [0, 0.1) is 0 Å². The standard InChI is InChI=1S/C13H22BNO3/c1-3-4-8-15(2)9-10-18-13-7-5-6-12(11-13)14(16)17/h5-7,11,16-17H,3-4,8-10H2,1-2H3. The Hall–Kier alpha value is -1.04. The van der Waals surface area contributed by atoms with Crippen molar-refractivity contribution in [1.29, 1.82) is 0 Å². The maximum absolute atomic E-state index is 9.05. The van der Waals surface area contributed by atoms with E-state index >= 15 is 0 Å². The Morgan fingerprint density at radius 2 is 2.06 bits per heavy atom. The number of ether oxygens (including phenoxy) is 1. The molecule has 1 aromatic rings. The summed E-state index contributed by atoms with van der Waals surface area (Å²) >= 11 is 0. The normalized spacial score (nSPS) is 10.7. The minimum atomic E-state index is -1.44. The van der Waals surface area contributed by atoms with Gasteiger partial charge in [-0.3, -0.25) is 0 Å². The van der Waals surface area contributed by atoms with Crippen LogP contribution in [-0.4, -0.2) is 48.8 Å². The average Bonchev–Trinajstić information content (AvgIpc) is 2.36. The molecule has 0 radical (unpaired) electrons. The summed E-state index contributed by atoms with van der Waals surface area (Å²) in [5.74, 6) is 0.671. The molecule has 0 atom stereocenters. The Morgan fingerprint density at radius 1 is 1.28 bits per heavy atom. The van der Waals surface area contributed by atoms with Gasteiger partial charge in [0.2, 0.25) is 0 Å². The highest BCUT2D eigenvalue weighted by atomic mass is 16.5. The second-order valence-corrected chi connectivity index (χ2v) is 4.45. The molecule has 2 N–H and O–H groups in total. The molecule has 0 saturated carbocycles. The molecule has 0 aliphatic heterocycles. The monoisotopic (exact) mass is 251 g/mol. The van der Waals surface area contributed by atoms with E-state index in [1.54, 1.807) is 18.2 Å². The molecule has 0 aromatic heterocycles. The van der Waals surface area contributed by atoms with Crippen molar-refractivity contribution in [3.63, 3.8) is 0 Å². The summed E-state index contributed by atoms with van der Waals surface area (Å²) in [7, 11) is 0.633. The summed E-state index contributed by atoms with van der Waals surface area (Å²) in [5.41, 5.74) is 0.451. The summed E-state index contributed by atoms with van der Waals surface area (Å²) in [6.07, 6.45) is 2.39. The van der Waals surface area contributed by atoms with E-state index in [1.165, 1.54) is 12.8 Å². The van der Waals surface area contributed by atoms with E-state index < -0.39 is 7.12 Å². The molecule has 18 heavy (non-hydrogen) atoms. The Bertz CT molecular complexity index is 347. The molecule has 0 aliphatic carbocycles. The Balaban J connectivity index is 2.32. The van der Waals surface area contributed by atoms with Crippen LogP contribution in [0.4, 0.5) is 0 Å². The van der Waals surface area contributed by atoms with Crippen LogP contribution in [0.1, 0.15) is 19.8 Å². The van der Waals surface area contributed by atoms with Crippen LogP contribution in [0.2, 0.25) is 0 Å². The van der Waals surface area contributed by atoms with Gasteiger partial charge in [0.1, 0.15) is 12.4 Å². The van der Waals surface area contributed by atoms with Gasteiger partial charge in [-0.25, -0.2) is 0 Å². The van der Waals surface area contributed by atoms with Crippen LogP contribution in [0.5, 0.6) is 5.75 Å². The topological polar surface area (TPSA) is 52.9 Å². The van der Waals surface area contributed by atoms with Crippen LogP contribution in [0.15, 0.2) is 24.3 Å². The van der Waals surface area contributed by atoms with Gasteiger partial charge < -0.3 is 19.7 Å². The van der Waals surface area contributed by atoms with Crippen LogP contribution < -0.4 is 10.2 Å². The third kappa shape index (κ3) is 5.53. The molecule has 0 unspecified atom stereocenters. The van der Waals surface area contributed by atoms with Crippen LogP contribution in [0.3, 0.4) is 0 Å². The molecule has 0 fully saturated rings. The molecular formula is C13H22BNO3. The van der Waals surface area contributed by atoms with Crippen molar-refractivity contribution in [2.24, 2.45) is 0 Å². The molecule has 1 rings (SSSR count). The maximum Gasteiger partial charge on any atom is 0.488 e. The third-order valence-corrected chi connectivity index (χ3v) is 2.79. The van der Waals surface area contributed by atoms with Crippen LogP contribution in [-0.2, 0) is 0 Å². The molecule has 0 heterocycles. The molecule has 0 spiro atoms. The zero-order valence-electron chi connectivity index (χ0n) is 11.2. The largest absolute Gasteiger partial charge is 0.492 e. The van der Waals surface area contributed by atoms with Crippen LogP contribution in [0.25, 0.3) is 0 Å². The van der Waals surface area contributed by atoms with Gasteiger partial charge in [-0.2, -0.15) is 0 Å². The quantitative estimate of drug-likeness (QED) is 0.660. The molecular weight excluding hydrogens is 229 g/mol. The van der Waals surface area contributed by atoms with Crippen molar-refractivity contribution in [2.45, 2.75) is 19.8 Å². The molecule has 4 nitrogen and oxygen atoms in total. The lowest BCUT2D eigenvalue weighted by Gasteiger charge is -2.16. The molecule has 0 aliphatic rings. The van der Waals surface area contributed by atoms with Gasteiger partial charge >= 0.3 is 7.12 Å². The van der Waals surface area contributed by atoms with Gasteiger partial charge in [-0.15, -0.1) is 0 Å². The van der Waals surface area contributed by atoms with E-state index in [9.17, 15) is 0 Å². The Morgan fingerprint density at radius 3 is 2.72 bits per heavy atom. The fourth-order valence-electron chi connectivity index (χ4n) is 1.62. The van der Waals surface area contributed by atoms with Gasteiger partial charge in [0.15, 0.2) is 0 Å². The number of hydrogen-bond acceptors (Lipinski definition) is 4. The zero-order chi connectivity index (χ0) is 13.4. The predicted octanol–water partition coefficient (Wildman–Crippen LogP) is 0.477. The zero-order valence-corrected chi connectivity index (χ0v) is 11.2. The van der Waals surface area contributed by atoms with Crippen molar-refractivity contribution < 1.29 is 14.8 Å². The van der Waals surface area contributed by atoms with Gasteiger partial charge in [0, 0.05) is 6.54 Å². The van der Waals surface area contributed by atoms with Crippen molar-refractivity contribution >= 4 is 12.6 Å². The summed E-state index contributed by atoms with van der Waals surface area (Å²) in [5, 5.41) is 18.1. The van der Waals surface area contributed by atoms with Crippen LogP contribution >= 0.6 is 0 Å². The number of rotatable bonds is 8. The Labute approximate surface area is 109 Å². The fraction of sp³-hybridized carbons (Fsp3) is 0.538. The molecule has 100 valence electrons. The number of likely N-dealkylation sites (N-methyl/N-ethyl adjacent to an activating group) is 1. The second kappa shape index (κ2) is 8.13. The number of hydrogen-bond donors (Lipinski definition) is 2. The van der Waals surface area contributed by atoms with Gasteiger partial charge in [-0.05, 0) is 37.6 Å².